The van der Waals surface area contributed by atoms with Gasteiger partial charge in [0.1, 0.15) is 0 Å². The molecule has 0 spiro atoms. The van der Waals surface area contributed by atoms with Gasteiger partial charge in [0.05, 0.1) is 22.8 Å². The van der Waals surface area contributed by atoms with Crippen LogP contribution in [0.25, 0.3) is 23.1 Å². The monoisotopic (exact) mass is 288 g/mol. The SMILES string of the molecule is CC(=O)n1nc(/C=C/c2ccncc2)c2ccc(C#N)cc21. The molecular weight excluding hydrogens is 276 g/mol. The average Bonchev–Trinajstić information content (AvgIpc) is 2.92. The number of carbonyl (C=O) groups is 1. The van der Waals surface area contributed by atoms with Gasteiger partial charge in [-0.05, 0) is 42.0 Å². The molecule has 0 N–H and O–H groups in total. The van der Waals surface area contributed by atoms with Crippen LogP contribution in [0.1, 0.15) is 28.5 Å². The maximum atomic E-state index is 11.7. The van der Waals surface area contributed by atoms with Crippen molar-refractivity contribution < 1.29 is 4.79 Å². The molecule has 3 rings (SSSR count). The molecule has 1 aromatic carbocycles. The third kappa shape index (κ3) is 2.50. The van der Waals surface area contributed by atoms with Crippen molar-refractivity contribution in [2.75, 3.05) is 0 Å². The molecule has 0 saturated heterocycles. The minimum atomic E-state index is -0.191. The summed E-state index contributed by atoms with van der Waals surface area (Å²) in [5.41, 5.74) is 2.82. The van der Waals surface area contributed by atoms with E-state index in [1.165, 1.54) is 11.6 Å². The number of pyridine rings is 1. The van der Waals surface area contributed by atoms with E-state index in [-0.39, 0.29) is 5.91 Å². The molecule has 0 aliphatic rings. The molecule has 0 unspecified atom stereocenters. The fourth-order valence-electron chi connectivity index (χ4n) is 2.22. The molecule has 22 heavy (non-hydrogen) atoms. The van der Waals surface area contributed by atoms with Gasteiger partial charge in [0.2, 0.25) is 5.91 Å². The first kappa shape index (κ1) is 13.7. The Morgan fingerprint density at radius 3 is 2.68 bits per heavy atom. The van der Waals surface area contributed by atoms with Crippen LogP contribution in [0.5, 0.6) is 0 Å². The van der Waals surface area contributed by atoms with E-state index in [9.17, 15) is 4.79 Å². The zero-order chi connectivity index (χ0) is 15.5. The predicted molar refractivity (Wildman–Crippen MR) is 83.9 cm³/mol. The molecule has 2 aromatic heterocycles. The van der Waals surface area contributed by atoms with Crippen molar-refractivity contribution in [3.05, 3.63) is 59.5 Å². The third-order valence-corrected chi connectivity index (χ3v) is 3.28. The van der Waals surface area contributed by atoms with E-state index in [0.29, 0.717) is 16.8 Å². The molecule has 2 heterocycles. The Kier molecular flexibility index (Phi) is 3.50. The lowest BCUT2D eigenvalue weighted by Gasteiger charge is -1.96. The van der Waals surface area contributed by atoms with Crippen molar-refractivity contribution in [2.45, 2.75) is 6.92 Å². The Labute approximate surface area is 127 Å². The molecule has 5 nitrogen and oxygen atoms in total. The summed E-state index contributed by atoms with van der Waals surface area (Å²) in [5.74, 6) is -0.191. The molecular formula is C17H12N4O. The van der Waals surface area contributed by atoms with Crippen LogP contribution in [0.3, 0.4) is 0 Å². The van der Waals surface area contributed by atoms with Gasteiger partial charge in [-0.2, -0.15) is 15.0 Å². The normalized spacial score (nSPS) is 10.9. The maximum absolute atomic E-state index is 11.7. The summed E-state index contributed by atoms with van der Waals surface area (Å²) in [5, 5.41) is 14.2. The molecule has 0 fully saturated rings. The number of aromatic nitrogens is 3. The number of rotatable bonds is 2. The highest BCUT2D eigenvalue weighted by atomic mass is 16.2. The first-order chi connectivity index (χ1) is 10.7. The molecule has 0 bridgehead atoms. The third-order valence-electron chi connectivity index (χ3n) is 3.28. The second-order valence-electron chi connectivity index (χ2n) is 4.77. The Balaban J connectivity index is 2.13. The number of fused-ring (bicyclic) bond motifs is 1. The summed E-state index contributed by atoms with van der Waals surface area (Å²) in [7, 11) is 0. The second-order valence-corrected chi connectivity index (χ2v) is 4.77. The topological polar surface area (TPSA) is 71.6 Å². The van der Waals surface area contributed by atoms with Crippen LogP contribution in [0.4, 0.5) is 0 Å². The fraction of sp³-hybridized carbons (Fsp3) is 0.0588. The van der Waals surface area contributed by atoms with Crippen LogP contribution < -0.4 is 0 Å². The van der Waals surface area contributed by atoms with Crippen LogP contribution in [-0.4, -0.2) is 20.7 Å². The van der Waals surface area contributed by atoms with Crippen molar-refractivity contribution in [1.82, 2.24) is 14.8 Å². The Morgan fingerprint density at radius 2 is 2.00 bits per heavy atom. The minimum Gasteiger partial charge on any atom is -0.273 e. The minimum absolute atomic E-state index is 0.191. The van der Waals surface area contributed by atoms with E-state index in [2.05, 4.69) is 16.2 Å². The summed E-state index contributed by atoms with van der Waals surface area (Å²) in [4.78, 5) is 15.7. The van der Waals surface area contributed by atoms with Crippen LogP contribution in [0, 0.1) is 11.3 Å². The van der Waals surface area contributed by atoms with Gasteiger partial charge in [-0.1, -0.05) is 6.08 Å². The number of hydrogen-bond acceptors (Lipinski definition) is 4. The van der Waals surface area contributed by atoms with Crippen LogP contribution in [0.15, 0.2) is 42.7 Å². The van der Waals surface area contributed by atoms with E-state index < -0.39 is 0 Å². The Hall–Kier alpha value is -3.26. The molecule has 0 radical (unpaired) electrons. The number of hydrogen-bond donors (Lipinski definition) is 0. The quantitative estimate of drug-likeness (QED) is 0.726. The second kappa shape index (κ2) is 5.62. The van der Waals surface area contributed by atoms with Gasteiger partial charge in [-0.15, -0.1) is 0 Å². The van der Waals surface area contributed by atoms with Crippen molar-refractivity contribution in [1.29, 1.82) is 5.26 Å². The molecule has 5 heteroatoms. The van der Waals surface area contributed by atoms with Crippen molar-refractivity contribution in [2.24, 2.45) is 0 Å². The molecule has 0 amide bonds. The lowest BCUT2D eigenvalue weighted by atomic mass is 10.1. The Bertz CT molecular complexity index is 917. The maximum Gasteiger partial charge on any atom is 0.244 e. The first-order valence-corrected chi connectivity index (χ1v) is 6.71. The largest absolute Gasteiger partial charge is 0.273 e. The number of nitriles is 1. The van der Waals surface area contributed by atoms with Gasteiger partial charge in [-0.3, -0.25) is 9.78 Å². The molecule has 106 valence electrons. The summed E-state index contributed by atoms with van der Waals surface area (Å²) < 4.78 is 1.32. The average molecular weight is 288 g/mol. The summed E-state index contributed by atoms with van der Waals surface area (Å²) in [6, 6.07) is 11.0. The summed E-state index contributed by atoms with van der Waals surface area (Å²) in [6.07, 6.45) is 7.19. The van der Waals surface area contributed by atoms with Gasteiger partial charge in [-0.25, -0.2) is 0 Å². The highest BCUT2D eigenvalue weighted by Crippen LogP contribution is 2.22. The lowest BCUT2D eigenvalue weighted by Crippen LogP contribution is -2.07. The molecule has 0 aliphatic carbocycles. The van der Waals surface area contributed by atoms with Gasteiger partial charge in [0.15, 0.2) is 0 Å². The van der Waals surface area contributed by atoms with Crippen molar-refractivity contribution in [3.8, 4) is 6.07 Å². The van der Waals surface area contributed by atoms with Crippen molar-refractivity contribution >= 4 is 29.0 Å². The van der Waals surface area contributed by atoms with Crippen LogP contribution in [0.2, 0.25) is 0 Å². The van der Waals surface area contributed by atoms with Gasteiger partial charge < -0.3 is 0 Å². The zero-order valence-corrected chi connectivity index (χ0v) is 11.9. The highest BCUT2D eigenvalue weighted by Gasteiger charge is 2.12. The lowest BCUT2D eigenvalue weighted by molar-refractivity contribution is 0.0926. The molecule has 0 aliphatic heterocycles. The molecule has 0 saturated carbocycles. The van der Waals surface area contributed by atoms with E-state index in [0.717, 1.165) is 10.9 Å². The molecule has 3 aromatic rings. The van der Waals surface area contributed by atoms with E-state index in [1.807, 2.05) is 30.4 Å². The number of benzene rings is 1. The predicted octanol–water partition coefficient (Wildman–Crippen LogP) is 3.13. The van der Waals surface area contributed by atoms with Crippen LogP contribution in [-0.2, 0) is 0 Å². The van der Waals surface area contributed by atoms with E-state index >= 15 is 0 Å². The summed E-state index contributed by atoms with van der Waals surface area (Å²) in [6.45, 7) is 1.45. The highest BCUT2D eigenvalue weighted by molar-refractivity contribution is 5.96. The van der Waals surface area contributed by atoms with Gasteiger partial charge >= 0.3 is 0 Å². The number of carbonyl (C=O) groups excluding carboxylic acids is 1. The van der Waals surface area contributed by atoms with E-state index in [1.54, 1.807) is 24.5 Å². The van der Waals surface area contributed by atoms with Gasteiger partial charge in [0, 0.05) is 24.7 Å². The Morgan fingerprint density at radius 1 is 1.23 bits per heavy atom. The number of nitrogens with zero attached hydrogens (tertiary/aromatic N) is 4. The summed E-state index contributed by atoms with van der Waals surface area (Å²) >= 11 is 0. The first-order valence-electron chi connectivity index (χ1n) is 6.71. The van der Waals surface area contributed by atoms with E-state index in [4.69, 9.17) is 5.26 Å². The van der Waals surface area contributed by atoms with Gasteiger partial charge in [0.25, 0.3) is 0 Å². The van der Waals surface area contributed by atoms with Crippen LogP contribution >= 0.6 is 0 Å². The smallest absolute Gasteiger partial charge is 0.244 e. The van der Waals surface area contributed by atoms with Crippen molar-refractivity contribution in [3.63, 3.8) is 0 Å². The standard InChI is InChI=1S/C17H12N4O/c1-12(22)21-17-10-14(11-18)2-4-15(17)16(20-21)5-3-13-6-8-19-9-7-13/h2-10H,1H3/b5-3+. The fourth-order valence-corrected chi connectivity index (χ4v) is 2.22. The molecule has 0 atom stereocenters. The zero-order valence-electron chi connectivity index (χ0n) is 11.9.